The molecule has 2 heterocycles. The lowest BCUT2D eigenvalue weighted by molar-refractivity contribution is 0.0364. The molecule has 4 nitrogen and oxygen atoms in total. The van der Waals surface area contributed by atoms with Gasteiger partial charge in [0.05, 0.1) is 0 Å². The average Bonchev–Trinajstić information content (AvgIpc) is 3.31. The quantitative estimate of drug-likeness (QED) is 0.362. The number of hydrogen-bond acceptors (Lipinski definition) is 4. The molecule has 1 aromatic rings. The monoisotopic (exact) mass is 536 g/mol. The Morgan fingerprint density at radius 2 is 0.684 bits per heavy atom. The van der Waals surface area contributed by atoms with Crippen LogP contribution in [0.4, 0.5) is 0 Å². The molecule has 0 atom stereocenters. The van der Waals surface area contributed by atoms with Gasteiger partial charge in [0.25, 0.3) is 0 Å². The van der Waals surface area contributed by atoms with Crippen molar-refractivity contribution >= 4 is 0 Å². The molecule has 0 aliphatic carbocycles. The largest absolute Gasteiger partial charge is 0.491 e. The van der Waals surface area contributed by atoms with E-state index in [-0.39, 0.29) is 22.3 Å². The summed E-state index contributed by atoms with van der Waals surface area (Å²) < 4.78 is 21.8. The highest BCUT2D eigenvalue weighted by Crippen LogP contribution is 2.28. The minimum Gasteiger partial charge on any atom is -0.491 e. The Bertz CT molecular complexity index is 749. The molecule has 0 bridgehead atoms. The van der Waals surface area contributed by atoms with Crippen LogP contribution in [0.2, 0.25) is 0 Å². The van der Waals surface area contributed by atoms with Gasteiger partial charge in [-0.1, -0.05) is 130 Å². The van der Waals surface area contributed by atoms with Crippen molar-refractivity contribution in [3.05, 3.63) is 58.4 Å². The van der Waals surface area contributed by atoms with Gasteiger partial charge in [-0.3, -0.25) is 0 Å². The van der Waals surface area contributed by atoms with Gasteiger partial charge in [-0.15, -0.1) is 0 Å². The van der Waals surface area contributed by atoms with Crippen LogP contribution in [0.1, 0.15) is 128 Å². The number of hydrogen-bond donors (Lipinski definition) is 0. The molecule has 0 fully saturated rings. The molecule has 0 N–H and O–H groups in total. The summed E-state index contributed by atoms with van der Waals surface area (Å²) in [5, 5.41) is 0. The third-order valence-corrected chi connectivity index (χ3v) is 5.85. The van der Waals surface area contributed by atoms with Crippen LogP contribution in [0.15, 0.2) is 47.3 Å². The van der Waals surface area contributed by atoms with Crippen LogP contribution in [0, 0.1) is 23.7 Å². The van der Waals surface area contributed by atoms with Gasteiger partial charge in [-0.05, 0) is 23.0 Å². The second-order valence-electron chi connectivity index (χ2n) is 11.1. The van der Waals surface area contributed by atoms with E-state index in [2.05, 4.69) is 107 Å². The fraction of sp³-hybridized carbons (Fsp3) is 0.706. The molecule has 2 aliphatic heterocycles. The Kier molecular flexibility index (Phi) is 21.1. The highest BCUT2D eigenvalue weighted by molar-refractivity contribution is 5.31. The Hall–Kier alpha value is -2.10. The fourth-order valence-electron chi connectivity index (χ4n) is 4.11. The van der Waals surface area contributed by atoms with E-state index in [0.717, 1.165) is 23.0 Å². The van der Waals surface area contributed by atoms with E-state index in [9.17, 15) is 0 Å². The third kappa shape index (κ3) is 12.6. The van der Waals surface area contributed by atoms with Crippen molar-refractivity contribution in [3.63, 3.8) is 0 Å². The van der Waals surface area contributed by atoms with Crippen molar-refractivity contribution < 1.29 is 18.9 Å². The van der Waals surface area contributed by atoms with Crippen LogP contribution in [-0.4, -0.2) is 20.0 Å². The third-order valence-electron chi connectivity index (χ3n) is 5.85. The molecular formula is C34H64O4. The SMILES string of the molecule is C.C.C.CC(C)C1=C(C(C)C)OCCO1.CC(C)C1=C(C(C)C)OCO1.CC(C)c1ccccc1C(C)C. The van der Waals surface area contributed by atoms with E-state index >= 15 is 0 Å². The van der Waals surface area contributed by atoms with Gasteiger partial charge in [-0.2, -0.15) is 0 Å². The second kappa shape index (κ2) is 19.9. The van der Waals surface area contributed by atoms with Crippen molar-refractivity contribution in [2.24, 2.45) is 23.7 Å². The van der Waals surface area contributed by atoms with Crippen molar-refractivity contribution in [2.75, 3.05) is 20.0 Å². The Balaban J connectivity index is -0.000000466. The first kappa shape index (κ1) is 40.4. The van der Waals surface area contributed by atoms with Crippen LogP contribution >= 0.6 is 0 Å². The summed E-state index contributed by atoms with van der Waals surface area (Å²) in [7, 11) is 0. The summed E-state index contributed by atoms with van der Waals surface area (Å²) in [6, 6.07) is 8.72. The maximum absolute atomic E-state index is 5.57. The minimum absolute atomic E-state index is 0. The lowest BCUT2D eigenvalue weighted by Gasteiger charge is -2.26. The van der Waals surface area contributed by atoms with Crippen molar-refractivity contribution in [2.45, 2.75) is 117 Å². The summed E-state index contributed by atoms with van der Waals surface area (Å²) in [4.78, 5) is 0. The van der Waals surface area contributed by atoms with E-state index in [1.165, 1.54) is 11.1 Å². The van der Waals surface area contributed by atoms with E-state index in [4.69, 9.17) is 18.9 Å². The second-order valence-corrected chi connectivity index (χ2v) is 11.1. The zero-order chi connectivity index (χ0) is 26.7. The normalized spacial score (nSPS) is 14.4. The molecule has 38 heavy (non-hydrogen) atoms. The van der Waals surface area contributed by atoms with Gasteiger partial charge in [0.2, 0.25) is 6.79 Å². The number of allylic oxidation sites excluding steroid dienone is 4. The van der Waals surface area contributed by atoms with E-state index < -0.39 is 0 Å². The summed E-state index contributed by atoms with van der Waals surface area (Å²) in [5.41, 5.74) is 2.99. The zero-order valence-electron chi connectivity index (χ0n) is 24.5. The summed E-state index contributed by atoms with van der Waals surface area (Å²) in [6.07, 6.45) is 0. The number of rotatable bonds is 6. The standard InChI is InChI=1S/C12H18.C10H18O2.C9H16O2.3CH4/c1-9(2)11-7-5-6-8-12(11)10(3)4;1-7(2)9-10(8(3)4)12-6-5-11-9;1-6(2)8-9(7(3)4)11-5-10-8;;;/h5-10H,1-4H3;7-8H,5-6H2,1-4H3;6-7H,5H2,1-4H3;3*1H4. The molecule has 0 radical (unpaired) electrons. The van der Waals surface area contributed by atoms with Crippen LogP contribution in [0.5, 0.6) is 0 Å². The molecule has 1 aromatic carbocycles. The highest BCUT2D eigenvalue weighted by Gasteiger charge is 2.22. The molecule has 224 valence electrons. The molecule has 0 saturated carbocycles. The first-order valence-corrected chi connectivity index (χ1v) is 13.5. The fourth-order valence-corrected chi connectivity index (χ4v) is 4.11. The van der Waals surface area contributed by atoms with E-state index in [1.807, 2.05) is 0 Å². The van der Waals surface area contributed by atoms with Crippen LogP contribution in [0.3, 0.4) is 0 Å². The van der Waals surface area contributed by atoms with Crippen molar-refractivity contribution in [1.82, 2.24) is 0 Å². The Labute approximate surface area is 238 Å². The average molecular weight is 537 g/mol. The first-order valence-electron chi connectivity index (χ1n) is 13.5. The van der Waals surface area contributed by atoms with Gasteiger partial charge >= 0.3 is 0 Å². The predicted octanol–water partition coefficient (Wildman–Crippen LogP) is 10.9. The minimum atomic E-state index is 0. The first-order chi connectivity index (χ1) is 16.4. The molecule has 0 spiro atoms. The Morgan fingerprint density at radius 3 is 0.921 bits per heavy atom. The molecular weight excluding hydrogens is 472 g/mol. The molecule has 0 amide bonds. The number of ether oxygens (including phenoxy) is 4. The van der Waals surface area contributed by atoms with Gasteiger partial charge in [-0.25, -0.2) is 0 Å². The van der Waals surface area contributed by atoms with Crippen molar-refractivity contribution in [3.8, 4) is 0 Å². The van der Waals surface area contributed by atoms with Crippen LogP contribution in [-0.2, 0) is 18.9 Å². The lowest BCUT2D eigenvalue weighted by atomic mass is 9.91. The molecule has 3 rings (SSSR count). The predicted molar refractivity (Wildman–Crippen MR) is 167 cm³/mol. The molecule has 0 aromatic heterocycles. The lowest BCUT2D eigenvalue weighted by Crippen LogP contribution is -2.19. The van der Waals surface area contributed by atoms with Gasteiger partial charge in [0.15, 0.2) is 0 Å². The summed E-state index contributed by atoms with van der Waals surface area (Å²) >= 11 is 0. The van der Waals surface area contributed by atoms with Gasteiger partial charge in [0, 0.05) is 23.7 Å². The summed E-state index contributed by atoms with van der Waals surface area (Å²) in [5.74, 6) is 7.16. The van der Waals surface area contributed by atoms with Crippen LogP contribution in [0.25, 0.3) is 0 Å². The smallest absolute Gasteiger partial charge is 0.230 e. The highest BCUT2D eigenvalue weighted by atomic mass is 16.7. The summed E-state index contributed by atoms with van der Waals surface area (Å²) in [6.45, 7) is 27.8. The maximum Gasteiger partial charge on any atom is 0.230 e. The Morgan fingerprint density at radius 1 is 0.421 bits per heavy atom. The van der Waals surface area contributed by atoms with Gasteiger partial charge < -0.3 is 18.9 Å². The zero-order valence-corrected chi connectivity index (χ0v) is 24.5. The van der Waals surface area contributed by atoms with Gasteiger partial charge in [0.1, 0.15) is 36.3 Å². The topological polar surface area (TPSA) is 36.9 Å². The van der Waals surface area contributed by atoms with Crippen molar-refractivity contribution in [1.29, 1.82) is 0 Å². The van der Waals surface area contributed by atoms with E-state index in [0.29, 0.717) is 55.5 Å². The maximum atomic E-state index is 5.57. The molecule has 0 unspecified atom stereocenters. The van der Waals surface area contributed by atoms with Crippen LogP contribution < -0.4 is 0 Å². The van der Waals surface area contributed by atoms with E-state index in [1.54, 1.807) is 0 Å². The number of benzene rings is 1. The molecule has 2 aliphatic rings. The molecule has 0 saturated heterocycles. The molecule has 4 heteroatoms.